The van der Waals surface area contributed by atoms with E-state index in [1.165, 1.54) is 11.0 Å². The first-order chi connectivity index (χ1) is 25.3. The third-order valence-corrected chi connectivity index (χ3v) is 10.6. The van der Waals surface area contributed by atoms with Gasteiger partial charge in [0.05, 0.1) is 56.7 Å². The summed E-state index contributed by atoms with van der Waals surface area (Å²) in [6.45, 7) is 3.28. The van der Waals surface area contributed by atoms with Gasteiger partial charge in [0, 0.05) is 69.0 Å². The van der Waals surface area contributed by atoms with Crippen molar-refractivity contribution in [2.45, 2.75) is 62.5 Å². The van der Waals surface area contributed by atoms with E-state index < -0.39 is 11.2 Å². The topological polar surface area (TPSA) is 167 Å². The van der Waals surface area contributed by atoms with E-state index in [1.54, 1.807) is 32.3 Å². The lowest BCUT2D eigenvalue weighted by molar-refractivity contribution is -0.121. The molecule has 2 saturated carbocycles. The number of para-hydroxylation sites is 1. The summed E-state index contributed by atoms with van der Waals surface area (Å²) in [5.74, 6) is -0.599. The zero-order chi connectivity index (χ0) is 37.8. The van der Waals surface area contributed by atoms with Crippen molar-refractivity contribution in [3.05, 3.63) is 88.8 Å². The lowest BCUT2D eigenvalue weighted by Crippen LogP contribution is -2.59. The number of carbonyl (C=O) groups excluding carboxylic acids is 3. The van der Waals surface area contributed by atoms with Crippen LogP contribution in [0.4, 0.5) is 11.4 Å². The predicted octanol–water partition coefficient (Wildman–Crippen LogP) is 2.34. The van der Waals surface area contributed by atoms with Gasteiger partial charge in [-0.15, -0.1) is 0 Å². The number of hydrogen-bond acceptors (Lipinski definition) is 9. The van der Waals surface area contributed by atoms with Crippen molar-refractivity contribution >= 4 is 44.8 Å². The zero-order valence-electron chi connectivity index (χ0n) is 30.7. The maximum absolute atomic E-state index is 13.1. The third-order valence-electron chi connectivity index (χ3n) is 10.6. The molecule has 2 aromatic carbocycles. The van der Waals surface area contributed by atoms with Gasteiger partial charge in [-0.1, -0.05) is 31.2 Å². The van der Waals surface area contributed by atoms with Gasteiger partial charge in [-0.05, 0) is 61.2 Å². The fourth-order valence-electron chi connectivity index (χ4n) is 7.23. The van der Waals surface area contributed by atoms with Crippen molar-refractivity contribution in [1.82, 2.24) is 30.2 Å². The number of fused-ring (bicyclic) bond motifs is 3. The number of benzene rings is 2. The molecule has 3 aromatic rings. The van der Waals surface area contributed by atoms with Gasteiger partial charge in [0.15, 0.2) is 0 Å². The van der Waals surface area contributed by atoms with Crippen molar-refractivity contribution in [2.24, 2.45) is 17.4 Å². The van der Waals surface area contributed by atoms with Gasteiger partial charge in [-0.3, -0.25) is 19.1 Å². The maximum Gasteiger partial charge on any atom is 0.269 e. The van der Waals surface area contributed by atoms with Crippen molar-refractivity contribution in [3.63, 3.8) is 0 Å². The first-order valence-corrected chi connectivity index (χ1v) is 18.2. The van der Waals surface area contributed by atoms with E-state index in [2.05, 4.69) is 38.5 Å². The van der Waals surface area contributed by atoms with Crippen LogP contribution < -0.4 is 32.3 Å². The fourth-order valence-corrected chi connectivity index (χ4v) is 7.23. The number of hydrogen-bond donors (Lipinski definition) is 5. The van der Waals surface area contributed by atoms with Gasteiger partial charge in [0.25, 0.3) is 11.8 Å². The second-order valence-corrected chi connectivity index (χ2v) is 14.9. The van der Waals surface area contributed by atoms with Crippen molar-refractivity contribution in [2.75, 3.05) is 44.4 Å². The van der Waals surface area contributed by atoms with Crippen molar-refractivity contribution < 1.29 is 14.4 Å². The largest absolute Gasteiger partial charge is 0.393 e. The summed E-state index contributed by atoms with van der Waals surface area (Å²) in [4.78, 5) is 44.0. The lowest BCUT2D eigenvalue weighted by atomic mass is 9.55. The molecule has 0 spiro atoms. The molecule has 1 aromatic heterocycles. The van der Waals surface area contributed by atoms with Crippen LogP contribution in [0.2, 0.25) is 0 Å². The second kappa shape index (κ2) is 14.0. The Bertz CT molecular complexity index is 2010. The van der Waals surface area contributed by atoms with Gasteiger partial charge in [0.1, 0.15) is 11.5 Å². The molecule has 53 heavy (non-hydrogen) atoms. The smallest absolute Gasteiger partial charge is 0.269 e. The van der Waals surface area contributed by atoms with Crippen LogP contribution in [0.5, 0.6) is 0 Å². The Hall–Kier alpha value is -5.17. The molecule has 3 amide bonds. The quantitative estimate of drug-likeness (QED) is 0.108. The van der Waals surface area contributed by atoms with E-state index in [1.807, 2.05) is 36.3 Å². The summed E-state index contributed by atoms with van der Waals surface area (Å²) in [6, 6.07) is 13.2. The Morgan fingerprint density at radius 2 is 1.75 bits per heavy atom. The number of anilines is 2. The molecular weight excluding hydrogens is 666 g/mol. The molecule has 1 unspecified atom stereocenters. The number of carbonyl (C=O) groups is 3. The number of nitrogens with zero attached hydrogens (tertiary/aromatic N) is 5. The molecule has 2 aliphatic carbocycles. The van der Waals surface area contributed by atoms with E-state index in [0.717, 1.165) is 60.3 Å². The van der Waals surface area contributed by atoms with Crippen molar-refractivity contribution in [1.29, 1.82) is 0 Å². The van der Waals surface area contributed by atoms with Gasteiger partial charge in [0.2, 0.25) is 5.91 Å². The molecule has 1 saturated heterocycles. The molecule has 4 aliphatic rings. The monoisotopic (exact) mass is 712 g/mol. The number of likely N-dealkylation sites (tertiary alicyclic amines) is 1. The Balaban J connectivity index is 1.17. The molecule has 0 bridgehead atoms. The number of allylic oxidation sites excluding steroid dienone is 1. The van der Waals surface area contributed by atoms with E-state index >= 15 is 0 Å². The maximum atomic E-state index is 13.1. The van der Waals surface area contributed by atoms with Crippen LogP contribution in [0, 0.1) is 5.92 Å². The lowest BCUT2D eigenvalue weighted by Gasteiger charge is -2.51. The van der Waals surface area contributed by atoms with Crippen LogP contribution >= 0.6 is 0 Å². The predicted molar refractivity (Wildman–Crippen MR) is 206 cm³/mol. The van der Waals surface area contributed by atoms with Crippen LogP contribution in [0.1, 0.15) is 72.7 Å². The van der Waals surface area contributed by atoms with Crippen LogP contribution in [-0.4, -0.2) is 93.3 Å². The molecule has 4 radical (unpaired) electrons. The van der Waals surface area contributed by atoms with Crippen LogP contribution in [0.25, 0.3) is 11.1 Å². The zero-order valence-corrected chi connectivity index (χ0v) is 30.7. The van der Waals surface area contributed by atoms with E-state index in [-0.39, 0.29) is 53.1 Å². The van der Waals surface area contributed by atoms with Crippen LogP contribution in [0.15, 0.2) is 72.0 Å². The minimum Gasteiger partial charge on any atom is -0.393 e. The highest BCUT2D eigenvalue weighted by Crippen LogP contribution is 2.50. The molecule has 2 aliphatic heterocycles. The van der Waals surface area contributed by atoms with Gasteiger partial charge in [-0.2, -0.15) is 5.10 Å². The highest BCUT2D eigenvalue weighted by atomic mass is 16.2. The van der Waals surface area contributed by atoms with Gasteiger partial charge < -0.3 is 42.1 Å². The van der Waals surface area contributed by atoms with Crippen LogP contribution in [0.3, 0.4) is 0 Å². The molecule has 272 valence electrons. The van der Waals surface area contributed by atoms with E-state index in [0.29, 0.717) is 24.2 Å². The van der Waals surface area contributed by atoms with Crippen molar-refractivity contribution in [3.8, 4) is 11.1 Å². The number of nitrogens with two attached hydrogens (primary N) is 2. The molecule has 13 nitrogen and oxygen atoms in total. The molecule has 3 fully saturated rings. The minimum atomic E-state index is -1.28. The fraction of sp³-hybridized carbons (Fsp3) is 0.421. The average molecular weight is 712 g/mol. The van der Waals surface area contributed by atoms with E-state index in [4.69, 9.17) is 32.3 Å². The van der Waals surface area contributed by atoms with Gasteiger partial charge >= 0.3 is 0 Å². The number of rotatable bonds is 12. The van der Waals surface area contributed by atoms with Gasteiger partial charge in [-0.25, -0.2) is 0 Å². The SMILES string of the molecule is [B]C([B])(c1cccc(C(=O)N(C)C)c1)N1CC(n2ncc3c2C(CC)N(C)c2c(NC(/C=C(\N)NC(=O)C4CC4)=C(/N)C(=O)NC4CC4)cccc2-3)C1. The Morgan fingerprint density at radius 3 is 2.42 bits per heavy atom. The first-order valence-electron chi connectivity index (χ1n) is 18.2. The Morgan fingerprint density at radius 1 is 1.04 bits per heavy atom. The molecule has 3 heterocycles. The molecular formula is C38H46B2N10O3. The third kappa shape index (κ3) is 7.01. The summed E-state index contributed by atoms with van der Waals surface area (Å²) >= 11 is 0. The minimum absolute atomic E-state index is 0.0281. The molecule has 1 atom stereocenters. The summed E-state index contributed by atoms with van der Waals surface area (Å²) in [5.41, 5.74) is 18.9. The molecule has 15 heteroatoms. The normalized spacial score (nSPS) is 19.4. The highest BCUT2D eigenvalue weighted by molar-refractivity contribution is 6.39. The molecule has 7 rings (SSSR count). The summed E-state index contributed by atoms with van der Waals surface area (Å²) in [6.07, 6.45) is 7.70. The number of amides is 3. The summed E-state index contributed by atoms with van der Waals surface area (Å²) in [5, 5.41) is 12.7. The van der Waals surface area contributed by atoms with Crippen LogP contribution in [-0.2, 0) is 14.9 Å². The highest BCUT2D eigenvalue weighted by Gasteiger charge is 2.42. The number of aromatic nitrogens is 2. The Labute approximate surface area is 313 Å². The first kappa shape index (κ1) is 36.2. The second-order valence-electron chi connectivity index (χ2n) is 14.9. The number of nitrogens with one attached hydrogen (secondary N) is 3. The molecule has 7 N–H and O–H groups in total. The van der Waals surface area contributed by atoms with E-state index in [9.17, 15) is 14.4 Å². The average Bonchev–Trinajstić information content (AvgIpc) is 4.05. The summed E-state index contributed by atoms with van der Waals surface area (Å²) < 4.78 is 2.10. The Kier molecular flexibility index (Phi) is 9.56. The standard InChI is InChI=1S/C38H46B2N10O3/c1-5-30-34-27(18-43-50(34)25-19-49(20-25)38(39,40)23-9-6-8-22(16-23)37(53)47(2)3)26-10-7-11-28(33(26)48(30)4)45-29(32(42)36(52)44-24-14-15-24)17-31(41)46-35(51)21-12-13-21/h6-11,16-18,21,24-25,30,45H,5,12-15,19-20,41-42H2,1-4H3,(H,44,52)(H,46,51)/b31-17+,32-29+. The summed E-state index contributed by atoms with van der Waals surface area (Å²) in [7, 11) is 18.9.